The van der Waals surface area contributed by atoms with Crippen molar-refractivity contribution in [2.24, 2.45) is 7.05 Å². The van der Waals surface area contributed by atoms with Crippen molar-refractivity contribution in [2.75, 3.05) is 55.6 Å². The Kier molecular flexibility index (Phi) is 15.8. The molecule has 1 saturated heterocycles. The summed E-state index contributed by atoms with van der Waals surface area (Å²) in [5.74, 6) is 0.731. The molecular formula is C50H59N9O6S. The number of ether oxygens (including phenoxy) is 1. The lowest BCUT2D eigenvalue weighted by Gasteiger charge is -2.29. The zero-order chi connectivity index (χ0) is 46.7. The molecule has 16 heteroatoms. The molecule has 2 aliphatic rings. The summed E-state index contributed by atoms with van der Waals surface area (Å²) in [6.07, 6.45) is 13.4. The molecule has 5 amide bonds. The highest BCUT2D eigenvalue weighted by molar-refractivity contribution is 7.99. The molecule has 3 N–H and O–H groups in total. The molecule has 0 saturated carbocycles. The lowest BCUT2D eigenvalue weighted by Crippen LogP contribution is -2.52. The predicted octanol–water partition coefficient (Wildman–Crippen LogP) is 8.08. The van der Waals surface area contributed by atoms with Crippen LogP contribution in [0.2, 0.25) is 0 Å². The third-order valence-electron chi connectivity index (χ3n) is 12.3. The van der Waals surface area contributed by atoms with Gasteiger partial charge in [-0.25, -0.2) is 9.97 Å². The zero-order valence-corrected chi connectivity index (χ0v) is 39.0. The third-order valence-corrected chi connectivity index (χ3v) is 13.5. The highest BCUT2D eigenvalue weighted by Gasteiger charge is 2.39. The number of unbranched alkanes of at least 4 members (excludes halogenated alkanes) is 6. The second-order valence-electron chi connectivity index (χ2n) is 16.8. The molecule has 0 aliphatic carbocycles. The molecule has 5 aromatic rings. The number of carbonyl (C=O) groups is 5. The van der Waals surface area contributed by atoms with Crippen LogP contribution in [0.5, 0.6) is 5.75 Å². The van der Waals surface area contributed by atoms with E-state index < -0.39 is 11.9 Å². The number of anilines is 4. The van der Waals surface area contributed by atoms with Crippen LogP contribution in [0.1, 0.15) is 80.1 Å². The second-order valence-corrected chi connectivity index (χ2v) is 18.0. The van der Waals surface area contributed by atoms with E-state index in [4.69, 9.17) is 9.72 Å². The van der Waals surface area contributed by atoms with Gasteiger partial charge in [0.05, 0.1) is 29.9 Å². The van der Waals surface area contributed by atoms with E-state index in [2.05, 4.69) is 50.4 Å². The van der Waals surface area contributed by atoms with Crippen molar-refractivity contribution in [3.63, 3.8) is 0 Å². The van der Waals surface area contributed by atoms with Crippen molar-refractivity contribution in [1.29, 1.82) is 0 Å². The van der Waals surface area contributed by atoms with Crippen molar-refractivity contribution in [3.8, 4) is 17.0 Å². The van der Waals surface area contributed by atoms with Crippen molar-refractivity contribution >= 4 is 75.2 Å². The lowest BCUT2D eigenvalue weighted by atomic mass is 10.0. The third kappa shape index (κ3) is 11.2. The lowest BCUT2D eigenvalue weighted by molar-refractivity contribution is -0.137. The van der Waals surface area contributed by atoms with Gasteiger partial charge in [0.1, 0.15) is 11.8 Å². The summed E-state index contributed by atoms with van der Waals surface area (Å²) in [7, 11) is 7.32. The number of fused-ring (bicyclic) bond motifs is 2. The largest absolute Gasteiger partial charge is 0.494 e. The topological polar surface area (TPSA) is 171 Å². The van der Waals surface area contributed by atoms with E-state index in [1.54, 1.807) is 40.9 Å². The molecule has 4 heterocycles. The summed E-state index contributed by atoms with van der Waals surface area (Å²) >= 11 is 1.75. The number of hydrogen-bond donors (Lipinski definition) is 3. The highest BCUT2D eigenvalue weighted by Crippen LogP contribution is 2.39. The van der Waals surface area contributed by atoms with E-state index in [1.807, 2.05) is 68.5 Å². The summed E-state index contributed by atoms with van der Waals surface area (Å²) < 4.78 is 7.89. The Hall–Kier alpha value is -6.68. The quantitative estimate of drug-likeness (QED) is 0.0266. The maximum absolute atomic E-state index is 13.1. The average Bonchev–Trinajstić information content (AvgIpc) is 3.84. The molecule has 2 aliphatic heterocycles. The number of carbonyl (C=O) groups excluding carboxylic acids is 5. The first-order valence-electron chi connectivity index (χ1n) is 22.6. The molecule has 7 rings (SSSR count). The highest BCUT2D eigenvalue weighted by atomic mass is 32.2. The van der Waals surface area contributed by atoms with Gasteiger partial charge < -0.3 is 34.6 Å². The summed E-state index contributed by atoms with van der Waals surface area (Å²) in [4.78, 5) is 78.7. The molecule has 1 unspecified atom stereocenters. The zero-order valence-electron chi connectivity index (χ0n) is 38.2. The Balaban J connectivity index is 0.831. The van der Waals surface area contributed by atoms with Gasteiger partial charge in [-0.3, -0.25) is 29.3 Å². The summed E-state index contributed by atoms with van der Waals surface area (Å²) in [5, 5.41) is 9.67. The number of benzene rings is 3. The van der Waals surface area contributed by atoms with E-state index in [0.29, 0.717) is 66.8 Å². The monoisotopic (exact) mass is 913 g/mol. The van der Waals surface area contributed by atoms with Gasteiger partial charge in [0.25, 0.3) is 5.91 Å². The number of likely N-dealkylation sites (N-methyl/N-ethyl adjacent to an activating group) is 2. The van der Waals surface area contributed by atoms with Gasteiger partial charge in [0, 0.05) is 99.0 Å². The Bertz CT molecular complexity index is 2610. The van der Waals surface area contributed by atoms with Gasteiger partial charge in [-0.15, -0.1) is 11.8 Å². The van der Waals surface area contributed by atoms with E-state index in [0.717, 1.165) is 83.3 Å². The van der Waals surface area contributed by atoms with Crippen molar-refractivity contribution in [3.05, 3.63) is 96.8 Å². The molecule has 15 nitrogen and oxygen atoms in total. The molecule has 2 aromatic heterocycles. The van der Waals surface area contributed by atoms with Gasteiger partial charge in [0.15, 0.2) is 0 Å². The van der Waals surface area contributed by atoms with E-state index >= 15 is 0 Å². The van der Waals surface area contributed by atoms with Gasteiger partial charge in [0.2, 0.25) is 29.6 Å². The molecule has 346 valence electrons. The van der Waals surface area contributed by atoms with Crippen LogP contribution in [0.4, 0.5) is 23.0 Å². The Morgan fingerprint density at radius 2 is 1.73 bits per heavy atom. The fourth-order valence-corrected chi connectivity index (χ4v) is 9.64. The van der Waals surface area contributed by atoms with Gasteiger partial charge in [-0.2, -0.15) is 0 Å². The Labute approximate surface area is 390 Å². The maximum Gasteiger partial charge on any atom is 0.255 e. The minimum atomic E-state index is -0.611. The Morgan fingerprint density at radius 3 is 2.50 bits per heavy atom. The smallest absolute Gasteiger partial charge is 0.255 e. The molecule has 0 bridgehead atoms. The standard InChI is InChI=1S/C50H59N9O6S/c1-6-45(60)52-38-29-39(54-50-51-25-24-37(53-50)35-31-58(4)40-19-14-13-17-33(35)40)43(65-5)30-42(38)56(2)26-27-57(3)47(62)21-12-10-8-7-9-11-15-28-66-44-20-16-18-34-36(44)32-59(49(34)64)41-22-23-46(61)55-48(41)63/h6,13-14,16-20,24-25,29-31,41H,1,7-12,15,21-23,26-28,32H2,2-5H3,(H,52,60)(H,51,53,54)(H,55,61,63). The normalized spacial score (nSPS) is 14.5. The van der Waals surface area contributed by atoms with Crippen molar-refractivity contribution < 1.29 is 28.7 Å². The van der Waals surface area contributed by atoms with Crippen LogP contribution in [0.25, 0.3) is 22.2 Å². The maximum atomic E-state index is 13.1. The van der Waals surface area contributed by atoms with E-state index in [1.165, 1.54) is 6.08 Å². The van der Waals surface area contributed by atoms with Crippen LogP contribution in [-0.2, 0) is 32.8 Å². The number of methoxy groups -OCH3 is 1. The van der Waals surface area contributed by atoms with Gasteiger partial charge in [-0.1, -0.05) is 62.9 Å². The molecule has 1 fully saturated rings. The molecule has 3 aromatic carbocycles. The minimum absolute atomic E-state index is 0.0952. The number of nitrogens with zero attached hydrogens (tertiary/aromatic N) is 6. The van der Waals surface area contributed by atoms with Crippen LogP contribution in [0.3, 0.4) is 0 Å². The first-order valence-corrected chi connectivity index (χ1v) is 23.6. The number of amides is 5. The van der Waals surface area contributed by atoms with Gasteiger partial charge >= 0.3 is 0 Å². The number of piperidine rings is 1. The van der Waals surface area contributed by atoms with Crippen LogP contribution in [0.15, 0.2) is 90.6 Å². The number of thioether (sulfide) groups is 1. The summed E-state index contributed by atoms with van der Waals surface area (Å²) in [6.45, 7) is 5.02. The minimum Gasteiger partial charge on any atom is -0.494 e. The summed E-state index contributed by atoms with van der Waals surface area (Å²) in [6, 6.07) is 18.8. The van der Waals surface area contributed by atoms with Crippen molar-refractivity contribution in [2.45, 2.75) is 81.7 Å². The van der Waals surface area contributed by atoms with Crippen molar-refractivity contribution in [1.82, 2.24) is 29.7 Å². The van der Waals surface area contributed by atoms with Crippen LogP contribution in [-0.4, -0.2) is 100.0 Å². The molecule has 0 radical (unpaired) electrons. The summed E-state index contributed by atoms with van der Waals surface area (Å²) in [5.41, 5.74) is 6.25. The fraction of sp³-hybridized carbons (Fsp3) is 0.380. The average molecular weight is 914 g/mol. The SMILES string of the molecule is C=CC(=O)Nc1cc(Nc2nccc(-c3cn(C)c4ccccc34)n2)c(OC)cc1N(C)CCN(C)C(=O)CCCCCCCCCSc1cccc2c1CN(C1CCC(=O)NC1=O)C2=O. The molecular weight excluding hydrogens is 855 g/mol. The first-order chi connectivity index (χ1) is 31.9. The number of para-hydroxylation sites is 1. The van der Waals surface area contributed by atoms with E-state index in [-0.39, 0.29) is 30.0 Å². The number of rotatable bonds is 22. The number of aromatic nitrogens is 3. The fourth-order valence-electron chi connectivity index (χ4n) is 8.54. The van der Waals surface area contributed by atoms with Gasteiger partial charge in [-0.05, 0) is 67.0 Å². The molecule has 1 atom stereocenters. The number of nitrogens with one attached hydrogen (secondary N) is 3. The molecule has 66 heavy (non-hydrogen) atoms. The number of hydrogen-bond acceptors (Lipinski definition) is 11. The predicted molar refractivity (Wildman–Crippen MR) is 260 cm³/mol. The van der Waals surface area contributed by atoms with Crippen LogP contribution in [0, 0.1) is 0 Å². The first kappa shape index (κ1) is 47.3. The number of imide groups is 1. The second kappa shape index (κ2) is 22.0. The Morgan fingerprint density at radius 1 is 0.955 bits per heavy atom. The molecule has 0 spiro atoms. The number of aryl methyl sites for hydroxylation is 1. The van der Waals surface area contributed by atoms with Crippen LogP contribution >= 0.6 is 11.8 Å². The van der Waals surface area contributed by atoms with E-state index in [9.17, 15) is 24.0 Å². The van der Waals surface area contributed by atoms with Crippen LogP contribution < -0.4 is 25.6 Å².